The molecule has 138 valence electrons. The number of nitrogens with two attached hydrogens (primary N) is 3. The highest BCUT2D eigenvalue weighted by atomic mass is 16.6. The maximum Gasteiger partial charge on any atom is 0.322 e. The van der Waals surface area contributed by atoms with Gasteiger partial charge in [0.15, 0.2) is 11.2 Å². The minimum absolute atomic E-state index is 0.00296. The topological polar surface area (TPSA) is 177 Å². The van der Waals surface area contributed by atoms with Crippen LogP contribution >= 0.6 is 0 Å². The van der Waals surface area contributed by atoms with Crippen molar-refractivity contribution in [2.24, 2.45) is 11.5 Å². The average molecular weight is 353 g/mol. The molecule has 11 nitrogen and oxygen atoms in total. The maximum atomic E-state index is 11.7. The molecule has 2 rings (SSSR count). The highest BCUT2D eigenvalue weighted by molar-refractivity contribution is 5.75. The third kappa shape index (κ3) is 5.24. The van der Waals surface area contributed by atoms with Crippen molar-refractivity contribution < 1.29 is 14.3 Å². The second-order valence-corrected chi connectivity index (χ2v) is 5.43. The zero-order valence-corrected chi connectivity index (χ0v) is 13.8. The lowest BCUT2D eigenvalue weighted by atomic mass is 10.1. The normalized spacial score (nSPS) is 12.4. The van der Waals surface area contributed by atoms with Crippen LogP contribution in [0.1, 0.15) is 19.3 Å². The molecule has 0 radical (unpaired) electrons. The van der Waals surface area contributed by atoms with Gasteiger partial charge in [0.1, 0.15) is 19.4 Å². The van der Waals surface area contributed by atoms with Crippen molar-refractivity contribution in [3.8, 4) is 0 Å². The first-order valence-corrected chi connectivity index (χ1v) is 7.93. The summed E-state index contributed by atoms with van der Waals surface area (Å²) in [4.78, 5) is 33.7. The summed E-state index contributed by atoms with van der Waals surface area (Å²) in [5.41, 5.74) is 16.7. The number of nitrogen functional groups attached to an aromatic ring is 1. The van der Waals surface area contributed by atoms with Crippen molar-refractivity contribution in [3.05, 3.63) is 16.7 Å². The highest BCUT2D eigenvalue weighted by Gasteiger charge is 2.14. The molecule has 0 aliphatic rings. The van der Waals surface area contributed by atoms with Crippen LogP contribution in [0, 0.1) is 0 Å². The molecular weight excluding hydrogens is 330 g/mol. The van der Waals surface area contributed by atoms with E-state index in [0.717, 1.165) is 12.8 Å². The number of imidazole rings is 1. The molecule has 0 amide bonds. The van der Waals surface area contributed by atoms with Gasteiger partial charge in [0.25, 0.3) is 5.56 Å². The number of aromatic nitrogens is 4. The van der Waals surface area contributed by atoms with Crippen LogP contribution in [0.15, 0.2) is 11.1 Å². The van der Waals surface area contributed by atoms with Gasteiger partial charge in [-0.3, -0.25) is 19.1 Å². The first-order chi connectivity index (χ1) is 12.0. The summed E-state index contributed by atoms with van der Waals surface area (Å²) in [6.07, 6.45) is 3.57. The molecule has 0 unspecified atom stereocenters. The van der Waals surface area contributed by atoms with E-state index in [4.69, 9.17) is 26.7 Å². The van der Waals surface area contributed by atoms with Gasteiger partial charge in [-0.05, 0) is 19.4 Å². The summed E-state index contributed by atoms with van der Waals surface area (Å²) in [6, 6.07) is -0.650. The lowest BCUT2D eigenvalue weighted by molar-refractivity contribution is -0.147. The van der Waals surface area contributed by atoms with Crippen molar-refractivity contribution in [2.45, 2.75) is 32.0 Å². The average Bonchev–Trinajstić information content (AvgIpc) is 2.97. The van der Waals surface area contributed by atoms with Crippen molar-refractivity contribution >= 4 is 23.1 Å². The molecule has 11 heteroatoms. The van der Waals surface area contributed by atoms with Crippen LogP contribution in [0.5, 0.6) is 0 Å². The Bertz CT molecular complexity index is 757. The first-order valence-electron chi connectivity index (χ1n) is 7.93. The quantitative estimate of drug-likeness (QED) is 0.298. The van der Waals surface area contributed by atoms with Crippen LogP contribution in [0.3, 0.4) is 0 Å². The second-order valence-electron chi connectivity index (χ2n) is 5.43. The molecule has 0 spiro atoms. The summed E-state index contributed by atoms with van der Waals surface area (Å²) >= 11 is 0. The number of unbranched alkanes of at least 4 members (excludes halogenated alkanes) is 1. The smallest absolute Gasteiger partial charge is 0.322 e. The standard InChI is InChI=1S/C14H23N7O4/c15-4-2-1-3-9(16)13(23)25-6-5-24-8-21-7-18-10-11(21)19-14(17)20-12(10)22/h7,9H,1-6,8,15-16H2,(H3,17,19,20,22)/t9-/m0/s1. The molecule has 2 aromatic rings. The Labute approximate surface area is 143 Å². The third-order valence-electron chi connectivity index (χ3n) is 3.47. The van der Waals surface area contributed by atoms with Gasteiger partial charge in [-0.15, -0.1) is 0 Å². The van der Waals surface area contributed by atoms with Crippen LogP contribution in [0.25, 0.3) is 11.2 Å². The number of aromatic amines is 1. The molecule has 0 aliphatic heterocycles. The minimum atomic E-state index is -0.650. The molecule has 25 heavy (non-hydrogen) atoms. The Hall–Kier alpha value is -2.50. The SMILES string of the molecule is NCCCC[C@H](N)C(=O)OCCOCn1cnc2c(=O)[nH]c(N)nc21. The molecule has 0 saturated heterocycles. The summed E-state index contributed by atoms with van der Waals surface area (Å²) in [5, 5.41) is 0. The van der Waals surface area contributed by atoms with Crippen molar-refractivity contribution in [3.63, 3.8) is 0 Å². The molecule has 0 fully saturated rings. The Morgan fingerprint density at radius 2 is 2.16 bits per heavy atom. The van der Waals surface area contributed by atoms with Crippen LogP contribution in [0.2, 0.25) is 0 Å². The fraction of sp³-hybridized carbons (Fsp3) is 0.571. The fourth-order valence-electron chi connectivity index (χ4n) is 2.16. The Balaban J connectivity index is 1.73. The Morgan fingerprint density at radius 3 is 2.92 bits per heavy atom. The number of H-pyrrole nitrogens is 1. The van der Waals surface area contributed by atoms with E-state index >= 15 is 0 Å². The predicted molar refractivity (Wildman–Crippen MR) is 90.4 cm³/mol. The molecule has 2 aromatic heterocycles. The third-order valence-corrected chi connectivity index (χ3v) is 3.47. The Kier molecular flexibility index (Phi) is 6.86. The molecular formula is C14H23N7O4. The van der Waals surface area contributed by atoms with Crippen LogP contribution in [-0.4, -0.2) is 51.3 Å². The maximum absolute atomic E-state index is 11.7. The van der Waals surface area contributed by atoms with E-state index in [0.29, 0.717) is 18.6 Å². The number of carbonyl (C=O) groups excluding carboxylic acids is 1. The molecule has 0 aliphatic carbocycles. The number of carbonyl (C=O) groups is 1. The van der Waals surface area contributed by atoms with Gasteiger partial charge in [0.2, 0.25) is 5.95 Å². The highest BCUT2D eigenvalue weighted by Crippen LogP contribution is 2.06. The first kappa shape index (κ1) is 18.8. The van der Waals surface area contributed by atoms with Gasteiger partial charge in [-0.25, -0.2) is 4.98 Å². The number of ether oxygens (including phenoxy) is 2. The lowest BCUT2D eigenvalue weighted by Gasteiger charge is -2.11. The van der Waals surface area contributed by atoms with E-state index in [9.17, 15) is 9.59 Å². The summed E-state index contributed by atoms with van der Waals surface area (Å²) in [5.74, 6) is -0.466. The fourth-order valence-corrected chi connectivity index (χ4v) is 2.16. The van der Waals surface area contributed by atoms with Gasteiger partial charge in [-0.1, -0.05) is 6.42 Å². The molecule has 7 N–H and O–H groups in total. The van der Waals surface area contributed by atoms with E-state index in [1.807, 2.05) is 0 Å². The van der Waals surface area contributed by atoms with Crippen molar-refractivity contribution in [1.29, 1.82) is 0 Å². The number of anilines is 1. The summed E-state index contributed by atoms with van der Waals surface area (Å²) in [6.45, 7) is 0.906. The molecule has 0 bridgehead atoms. The molecule has 0 saturated carbocycles. The molecule has 2 heterocycles. The van der Waals surface area contributed by atoms with Gasteiger partial charge < -0.3 is 26.7 Å². The number of rotatable bonds is 10. The number of nitrogens with one attached hydrogen (secondary N) is 1. The van der Waals surface area contributed by atoms with E-state index in [1.54, 1.807) is 0 Å². The van der Waals surface area contributed by atoms with Gasteiger partial charge in [0, 0.05) is 0 Å². The molecule has 1 atom stereocenters. The Morgan fingerprint density at radius 1 is 1.36 bits per heavy atom. The number of hydrogen-bond donors (Lipinski definition) is 4. The van der Waals surface area contributed by atoms with Crippen LogP contribution in [-0.2, 0) is 21.0 Å². The van der Waals surface area contributed by atoms with Crippen LogP contribution in [0.4, 0.5) is 5.95 Å². The largest absolute Gasteiger partial charge is 0.462 e. The van der Waals surface area contributed by atoms with Gasteiger partial charge in [0.05, 0.1) is 12.9 Å². The summed E-state index contributed by atoms with van der Waals surface area (Å²) < 4.78 is 12.0. The van der Waals surface area contributed by atoms with Gasteiger partial charge >= 0.3 is 5.97 Å². The monoisotopic (exact) mass is 353 g/mol. The lowest BCUT2D eigenvalue weighted by Crippen LogP contribution is -2.33. The zero-order chi connectivity index (χ0) is 18.2. The van der Waals surface area contributed by atoms with E-state index in [2.05, 4.69) is 15.0 Å². The van der Waals surface area contributed by atoms with Gasteiger partial charge in [-0.2, -0.15) is 4.98 Å². The number of hydrogen-bond acceptors (Lipinski definition) is 9. The van der Waals surface area contributed by atoms with E-state index < -0.39 is 17.6 Å². The second kappa shape index (κ2) is 9.11. The predicted octanol–water partition coefficient (Wildman–Crippen LogP) is -1.32. The van der Waals surface area contributed by atoms with E-state index in [-0.39, 0.29) is 31.4 Å². The summed E-state index contributed by atoms with van der Waals surface area (Å²) in [7, 11) is 0. The number of fused-ring (bicyclic) bond motifs is 1. The van der Waals surface area contributed by atoms with Crippen LogP contribution < -0.4 is 22.8 Å². The zero-order valence-electron chi connectivity index (χ0n) is 13.8. The number of nitrogens with zero attached hydrogens (tertiary/aromatic N) is 3. The van der Waals surface area contributed by atoms with Crippen molar-refractivity contribution in [1.82, 2.24) is 19.5 Å². The molecule has 0 aromatic carbocycles. The minimum Gasteiger partial charge on any atom is -0.462 e. The van der Waals surface area contributed by atoms with Crippen molar-refractivity contribution in [2.75, 3.05) is 25.5 Å². The van der Waals surface area contributed by atoms with E-state index in [1.165, 1.54) is 10.9 Å². The number of esters is 1.